The Balaban J connectivity index is 1.66. The first kappa shape index (κ1) is 22.7. The van der Waals surface area contributed by atoms with Crippen molar-refractivity contribution >= 4 is 11.9 Å². The van der Waals surface area contributed by atoms with E-state index in [9.17, 15) is 14.7 Å². The number of urea groups is 1. The fraction of sp³-hybridized carbons (Fsp3) is 0.739. The van der Waals surface area contributed by atoms with Crippen molar-refractivity contribution in [3.63, 3.8) is 0 Å². The highest BCUT2D eigenvalue weighted by molar-refractivity contribution is 5.78. The third kappa shape index (κ3) is 4.66. The number of fused-ring (bicyclic) bond motifs is 1. The first-order chi connectivity index (χ1) is 14.3. The van der Waals surface area contributed by atoms with Gasteiger partial charge in [0, 0.05) is 18.5 Å². The topological polar surface area (TPSA) is 104 Å². The van der Waals surface area contributed by atoms with Gasteiger partial charge in [0.1, 0.15) is 5.76 Å². The van der Waals surface area contributed by atoms with E-state index in [1.54, 1.807) is 12.3 Å². The molecule has 4 N–H and O–H groups in total. The summed E-state index contributed by atoms with van der Waals surface area (Å²) in [5.74, 6) is 0.473. The van der Waals surface area contributed by atoms with Crippen LogP contribution in [0.3, 0.4) is 0 Å². The molecule has 1 aromatic heterocycles. The van der Waals surface area contributed by atoms with Gasteiger partial charge in [-0.3, -0.25) is 4.79 Å². The summed E-state index contributed by atoms with van der Waals surface area (Å²) in [6.45, 7) is 9.14. The largest absolute Gasteiger partial charge is 0.467 e. The Hall–Kier alpha value is -2.02. The predicted molar refractivity (Wildman–Crippen MR) is 114 cm³/mol. The van der Waals surface area contributed by atoms with Crippen molar-refractivity contribution in [1.82, 2.24) is 16.0 Å². The van der Waals surface area contributed by atoms with Gasteiger partial charge in [0.05, 0.1) is 18.9 Å². The molecule has 2 saturated carbocycles. The lowest BCUT2D eigenvalue weighted by Crippen LogP contribution is -2.59. The number of nitrogens with one attached hydrogen (secondary N) is 3. The molecule has 3 rings (SSSR count). The number of hydrogen-bond donors (Lipinski definition) is 4. The number of furan rings is 1. The number of rotatable bonds is 6. The van der Waals surface area contributed by atoms with Crippen LogP contribution < -0.4 is 16.0 Å². The van der Waals surface area contributed by atoms with Crippen LogP contribution in [0.1, 0.15) is 59.1 Å². The van der Waals surface area contributed by atoms with Crippen LogP contribution in [0, 0.1) is 29.1 Å². The molecule has 0 radical (unpaired) electrons. The molecule has 7 heteroatoms. The maximum Gasteiger partial charge on any atom is 0.315 e. The zero-order valence-corrected chi connectivity index (χ0v) is 18.6. The number of aliphatic hydroxyl groups excluding tert-OH is 1. The molecule has 3 amide bonds. The number of aliphatic hydroxyl groups is 1. The molecule has 2 aliphatic rings. The third-order valence-corrected chi connectivity index (χ3v) is 7.61. The molecule has 168 valence electrons. The van der Waals surface area contributed by atoms with Crippen LogP contribution in [0.5, 0.6) is 0 Å². The van der Waals surface area contributed by atoms with Crippen molar-refractivity contribution in [2.75, 3.05) is 6.54 Å². The highest BCUT2D eigenvalue weighted by Crippen LogP contribution is 2.55. The number of hydrogen-bond acceptors (Lipinski definition) is 4. The van der Waals surface area contributed by atoms with Gasteiger partial charge in [-0.05, 0) is 67.9 Å². The molecule has 1 unspecified atom stereocenters. The van der Waals surface area contributed by atoms with Gasteiger partial charge in [0.2, 0.25) is 5.91 Å². The zero-order chi connectivity index (χ0) is 21.9. The number of carbonyl (C=O) groups excluding carboxylic acids is 2. The van der Waals surface area contributed by atoms with Crippen LogP contribution in [0.15, 0.2) is 22.8 Å². The maximum atomic E-state index is 12.8. The normalized spacial score (nSPS) is 34.5. The van der Waals surface area contributed by atoms with E-state index >= 15 is 0 Å². The second-order valence-electron chi connectivity index (χ2n) is 9.47. The van der Waals surface area contributed by atoms with E-state index in [2.05, 4.69) is 29.8 Å². The van der Waals surface area contributed by atoms with Crippen LogP contribution in [0.25, 0.3) is 0 Å². The zero-order valence-electron chi connectivity index (χ0n) is 18.6. The molecule has 1 aromatic rings. The molecule has 0 bridgehead atoms. The summed E-state index contributed by atoms with van der Waals surface area (Å²) in [5.41, 5.74) is 0.0408. The quantitative estimate of drug-likeness (QED) is 0.569. The molecule has 0 aliphatic heterocycles. The van der Waals surface area contributed by atoms with E-state index in [1.807, 2.05) is 19.9 Å². The predicted octanol–water partition coefficient (Wildman–Crippen LogP) is 3.04. The van der Waals surface area contributed by atoms with Crippen molar-refractivity contribution in [2.24, 2.45) is 29.1 Å². The average Bonchev–Trinajstić information content (AvgIpc) is 3.22. The number of amides is 3. The summed E-state index contributed by atoms with van der Waals surface area (Å²) < 4.78 is 5.29. The highest BCUT2D eigenvalue weighted by Gasteiger charge is 2.53. The monoisotopic (exact) mass is 419 g/mol. The van der Waals surface area contributed by atoms with Crippen molar-refractivity contribution in [3.05, 3.63) is 24.2 Å². The fourth-order valence-corrected chi connectivity index (χ4v) is 5.82. The lowest BCUT2D eigenvalue weighted by atomic mass is 9.52. The SMILES string of the molecule is CCNC(=O)N[C@H]1CC[C@]2(C)CCC([C@H](C)C(=O)NCc3ccco3)[C@H](O)[C@H]2[C@@H]1C. The van der Waals surface area contributed by atoms with Crippen LogP contribution >= 0.6 is 0 Å². The molecular formula is C23H37N3O4. The molecular weight excluding hydrogens is 382 g/mol. The van der Waals surface area contributed by atoms with Crippen molar-refractivity contribution in [3.8, 4) is 0 Å². The molecule has 7 nitrogen and oxygen atoms in total. The summed E-state index contributed by atoms with van der Waals surface area (Å²) in [7, 11) is 0. The van der Waals surface area contributed by atoms with Gasteiger partial charge in [0.25, 0.3) is 0 Å². The molecule has 7 atom stereocenters. The Labute approximate surface area is 179 Å². The fourth-order valence-electron chi connectivity index (χ4n) is 5.82. The Kier molecular flexibility index (Phi) is 7.11. The second-order valence-corrected chi connectivity index (χ2v) is 9.47. The Morgan fingerprint density at radius 3 is 2.70 bits per heavy atom. The van der Waals surface area contributed by atoms with Gasteiger partial charge < -0.3 is 25.5 Å². The molecule has 2 fully saturated rings. The van der Waals surface area contributed by atoms with Crippen LogP contribution in [0.4, 0.5) is 4.79 Å². The minimum atomic E-state index is -0.568. The van der Waals surface area contributed by atoms with Gasteiger partial charge >= 0.3 is 6.03 Å². The Bertz CT molecular complexity index is 722. The van der Waals surface area contributed by atoms with Gasteiger partial charge in [-0.1, -0.05) is 20.8 Å². The van der Waals surface area contributed by atoms with E-state index in [1.165, 1.54) is 0 Å². The Morgan fingerprint density at radius 2 is 2.03 bits per heavy atom. The van der Waals surface area contributed by atoms with E-state index in [0.717, 1.165) is 25.7 Å². The van der Waals surface area contributed by atoms with Crippen LogP contribution in [-0.2, 0) is 11.3 Å². The first-order valence-corrected chi connectivity index (χ1v) is 11.3. The Morgan fingerprint density at radius 1 is 1.30 bits per heavy atom. The van der Waals surface area contributed by atoms with Gasteiger partial charge in [-0.2, -0.15) is 0 Å². The van der Waals surface area contributed by atoms with E-state index in [0.29, 0.717) is 18.8 Å². The van der Waals surface area contributed by atoms with E-state index < -0.39 is 6.10 Å². The highest BCUT2D eigenvalue weighted by atomic mass is 16.3. The van der Waals surface area contributed by atoms with Crippen molar-refractivity contribution in [1.29, 1.82) is 0 Å². The molecule has 1 heterocycles. The molecule has 2 aliphatic carbocycles. The third-order valence-electron chi connectivity index (χ3n) is 7.61. The lowest BCUT2D eigenvalue weighted by Gasteiger charge is -2.56. The summed E-state index contributed by atoms with van der Waals surface area (Å²) in [6, 6.07) is 3.51. The standard InChI is InChI=1S/C23H37N3O4/c1-5-24-22(29)26-18-9-11-23(4)10-8-17(20(27)19(23)15(18)3)14(2)21(28)25-13-16-7-6-12-30-16/h6-7,12,14-15,17-20,27H,5,8-11,13H2,1-4H3,(H,25,28)(H2,24,26,29)/t14-,15+,17?,18-,19+,20-,23-/m0/s1. The lowest BCUT2D eigenvalue weighted by molar-refractivity contribution is -0.142. The van der Waals surface area contributed by atoms with Gasteiger partial charge in [0.15, 0.2) is 0 Å². The van der Waals surface area contributed by atoms with Gasteiger partial charge in [-0.15, -0.1) is 0 Å². The number of carbonyl (C=O) groups is 2. The van der Waals surface area contributed by atoms with E-state index in [-0.39, 0.29) is 47.1 Å². The minimum Gasteiger partial charge on any atom is -0.467 e. The average molecular weight is 420 g/mol. The molecule has 30 heavy (non-hydrogen) atoms. The molecule has 0 saturated heterocycles. The summed E-state index contributed by atoms with van der Waals surface area (Å²) in [4.78, 5) is 24.8. The molecule has 0 spiro atoms. The minimum absolute atomic E-state index is 0.0334. The van der Waals surface area contributed by atoms with Crippen molar-refractivity contribution < 1.29 is 19.1 Å². The smallest absolute Gasteiger partial charge is 0.315 e. The maximum absolute atomic E-state index is 12.8. The van der Waals surface area contributed by atoms with Crippen molar-refractivity contribution in [2.45, 2.75) is 72.1 Å². The summed E-state index contributed by atoms with van der Waals surface area (Å²) in [5, 5.41) is 20.2. The van der Waals surface area contributed by atoms with Gasteiger partial charge in [-0.25, -0.2) is 4.79 Å². The van der Waals surface area contributed by atoms with Crippen LogP contribution in [0.2, 0.25) is 0 Å². The first-order valence-electron chi connectivity index (χ1n) is 11.3. The van der Waals surface area contributed by atoms with E-state index in [4.69, 9.17) is 4.42 Å². The summed E-state index contributed by atoms with van der Waals surface area (Å²) in [6.07, 6.45) is 4.75. The second kappa shape index (κ2) is 9.41. The molecule has 0 aromatic carbocycles. The summed E-state index contributed by atoms with van der Waals surface area (Å²) >= 11 is 0. The van der Waals surface area contributed by atoms with Crippen LogP contribution in [-0.4, -0.2) is 35.7 Å².